The maximum Gasteiger partial charge on any atom is 0.344 e. The van der Waals surface area contributed by atoms with Crippen molar-refractivity contribution in [3.05, 3.63) is 108 Å². The summed E-state index contributed by atoms with van der Waals surface area (Å²) in [7, 11) is 0. The number of hydrogen-bond donors (Lipinski definition) is 1. The second-order valence-electron chi connectivity index (χ2n) is 6.42. The van der Waals surface area contributed by atoms with Crippen LogP contribution in [0.15, 0.2) is 96.4 Å². The Morgan fingerprint density at radius 1 is 0.867 bits per heavy atom. The minimum absolute atomic E-state index is 0.325. The minimum Gasteiger partial charge on any atom is -0.423 e. The van der Waals surface area contributed by atoms with Gasteiger partial charge in [-0.05, 0) is 58.8 Å². The minimum atomic E-state index is -0.419. The summed E-state index contributed by atoms with van der Waals surface area (Å²) in [5, 5.41) is 5.76. The number of fused-ring (bicyclic) bond motifs is 1. The zero-order valence-electron chi connectivity index (χ0n) is 15.9. The largest absolute Gasteiger partial charge is 0.423 e. The summed E-state index contributed by atoms with van der Waals surface area (Å²) in [6.07, 6.45) is 4.59. The number of carbonyl (C=O) groups excluding carboxylic acids is 2. The van der Waals surface area contributed by atoms with Crippen LogP contribution in [0, 0.1) is 0 Å². The number of hydrazone groups is 1. The van der Waals surface area contributed by atoms with Crippen LogP contribution < -0.4 is 10.2 Å². The van der Waals surface area contributed by atoms with E-state index in [1.807, 2.05) is 36.4 Å². The molecule has 1 amide bonds. The highest BCUT2D eigenvalue weighted by atomic mass is 16.5. The van der Waals surface area contributed by atoms with Crippen LogP contribution in [0.2, 0.25) is 0 Å². The highest BCUT2D eigenvalue weighted by molar-refractivity contribution is 6.05. The standard InChI is InChI=1S/C24H17N3O3/c28-23(19-12-14-25-15-13-19)27-26-16-17-8-10-20(11-9-17)30-24(29)22-7-3-5-18-4-1-2-6-21(18)22/h1-16H,(H,27,28)/b26-16+. The number of nitrogens with one attached hydrogen (secondary N) is 1. The number of pyridine rings is 1. The predicted molar refractivity (Wildman–Crippen MR) is 115 cm³/mol. The van der Waals surface area contributed by atoms with E-state index in [9.17, 15) is 9.59 Å². The molecule has 1 heterocycles. The van der Waals surface area contributed by atoms with E-state index in [0.29, 0.717) is 16.9 Å². The Hall–Kier alpha value is -4.32. The van der Waals surface area contributed by atoms with Crippen molar-refractivity contribution in [3.8, 4) is 5.75 Å². The van der Waals surface area contributed by atoms with Crippen LogP contribution in [-0.2, 0) is 0 Å². The third-order valence-corrected chi connectivity index (χ3v) is 4.42. The van der Waals surface area contributed by atoms with Gasteiger partial charge in [0.05, 0.1) is 11.8 Å². The van der Waals surface area contributed by atoms with Crippen LogP contribution in [0.25, 0.3) is 10.8 Å². The average molecular weight is 395 g/mol. The second-order valence-corrected chi connectivity index (χ2v) is 6.42. The van der Waals surface area contributed by atoms with Crippen LogP contribution in [0.4, 0.5) is 0 Å². The van der Waals surface area contributed by atoms with Crippen molar-refractivity contribution in [2.24, 2.45) is 5.10 Å². The van der Waals surface area contributed by atoms with Crippen molar-refractivity contribution in [1.29, 1.82) is 0 Å². The molecule has 0 radical (unpaired) electrons. The van der Waals surface area contributed by atoms with Gasteiger partial charge in [-0.3, -0.25) is 9.78 Å². The van der Waals surface area contributed by atoms with Gasteiger partial charge < -0.3 is 4.74 Å². The SMILES string of the molecule is O=C(N/N=C/c1ccc(OC(=O)c2cccc3ccccc23)cc1)c1ccncc1. The highest BCUT2D eigenvalue weighted by Crippen LogP contribution is 2.21. The molecule has 4 rings (SSSR count). The van der Waals surface area contributed by atoms with Gasteiger partial charge >= 0.3 is 5.97 Å². The molecule has 0 atom stereocenters. The number of amides is 1. The van der Waals surface area contributed by atoms with E-state index in [4.69, 9.17) is 4.74 Å². The number of rotatable bonds is 5. The molecule has 6 heteroatoms. The summed E-state index contributed by atoms with van der Waals surface area (Å²) >= 11 is 0. The summed E-state index contributed by atoms with van der Waals surface area (Å²) in [6.45, 7) is 0. The third kappa shape index (κ3) is 4.39. The summed E-state index contributed by atoms with van der Waals surface area (Å²) in [5.41, 5.74) is 4.18. The first-order chi connectivity index (χ1) is 14.7. The van der Waals surface area contributed by atoms with Gasteiger partial charge in [-0.15, -0.1) is 0 Å². The van der Waals surface area contributed by atoms with Gasteiger partial charge in [0.15, 0.2) is 0 Å². The second kappa shape index (κ2) is 8.79. The summed E-state index contributed by atoms with van der Waals surface area (Å²) in [5.74, 6) is -0.321. The molecule has 1 aromatic heterocycles. The molecule has 0 aliphatic heterocycles. The molecule has 0 unspecified atom stereocenters. The fraction of sp³-hybridized carbons (Fsp3) is 0. The van der Waals surface area contributed by atoms with Crippen molar-refractivity contribution in [2.75, 3.05) is 0 Å². The number of carbonyl (C=O) groups is 2. The molecule has 4 aromatic rings. The van der Waals surface area contributed by atoms with E-state index in [1.165, 1.54) is 18.6 Å². The van der Waals surface area contributed by atoms with E-state index in [0.717, 1.165) is 16.3 Å². The van der Waals surface area contributed by atoms with Crippen molar-refractivity contribution in [1.82, 2.24) is 10.4 Å². The smallest absolute Gasteiger partial charge is 0.344 e. The molecule has 30 heavy (non-hydrogen) atoms. The topological polar surface area (TPSA) is 80.6 Å². The van der Waals surface area contributed by atoms with Crippen LogP contribution >= 0.6 is 0 Å². The van der Waals surface area contributed by atoms with Gasteiger partial charge in [0.1, 0.15) is 5.75 Å². The Kier molecular flexibility index (Phi) is 5.57. The van der Waals surface area contributed by atoms with E-state index in [-0.39, 0.29) is 5.91 Å². The highest BCUT2D eigenvalue weighted by Gasteiger charge is 2.12. The van der Waals surface area contributed by atoms with Crippen LogP contribution in [0.1, 0.15) is 26.3 Å². The third-order valence-electron chi connectivity index (χ3n) is 4.42. The summed E-state index contributed by atoms with van der Waals surface area (Å²) in [4.78, 5) is 28.4. The molecule has 6 nitrogen and oxygen atoms in total. The summed E-state index contributed by atoms with van der Waals surface area (Å²) in [6, 6.07) is 23.2. The van der Waals surface area contributed by atoms with Crippen LogP contribution in [0.3, 0.4) is 0 Å². The molecular weight excluding hydrogens is 378 g/mol. The Bertz CT molecular complexity index is 1210. The number of nitrogens with zero attached hydrogens (tertiary/aromatic N) is 2. The molecule has 1 N–H and O–H groups in total. The molecule has 0 aliphatic carbocycles. The lowest BCUT2D eigenvalue weighted by Crippen LogP contribution is -2.17. The molecule has 0 spiro atoms. The quantitative estimate of drug-likeness (QED) is 0.237. The van der Waals surface area contributed by atoms with E-state index in [1.54, 1.807) is 42.5 Å². The monoisotopic (exact) mass is 395 g/mol. The van der Waals surface area contributed by atoms with Gasteiger partial charge in [0.2, 0.25) is 0 Å². The number of esters is 1. The maximum absolute atomic E-state index is 12.6. The van der Waals surface area contributed by atoms with Gasteiger partial charge in [0, 0.05) is 18.0 Å². The number of ether oxygens (including phenoxy) is 1. The first-order valence-corrected chi connectivity index (χ1v) is 9.24. The molecule has 0 bridgehead atoms. The number of hydrogen-bond acceptors (Lipinski definition) is 5. The van der Waals surface area contributed by atoms with Crippen molar-refractivity contribution >= 4 is 28.9 Å². The van der Waals surface area contributed by atoms with Crippen molar-refractivity contribution in [2.45, 2.75) is 0 Å². The van der Waals surface area contributed by atoms with Crippen molar-refractivity contribution < 1.29 is 14.3 Å². The lowest BCUT2D eigenvalue weighted by atomic mass is 10.0. The zero-order valence-corrected chi connectivity index (χ0v) is 15.9. The Labute approximate surface area is 172 Å². The van der Waals surface area contributed by atoms with Gasteiger partial charge in [-0.1, -0.05) is 36.4 Å². The lowest BCUT2D eigenvalue weighted by Gasteiger charge is -2.07. The van der Waals surface area contributed by atoms with Crippen molar-refractivity contribution in [3.63, 3.8) is 0 Å². The average Bonchev–Trinajstić information content (AvgIpc) is 2.80. The van der Waals surface area contributed by atoms with Crippen LogP contribution in [-0.4, -0.2) is 23.1 Å². The van der Waals surface area contributed by atoms with E-state index < -0.39 is 5.97 Å². The Morgan fingerprint density at radius 2 is 1.60 bits per heavy atom. The first kappa shape index (κ1) is 19.0. The molecule has 0 fully saturated rings. The molecule has 0 saturated heterocycles. The normalized spacial score (nSPS) is 10.8. The fourth-order valence-electron chi connectivity index (χ4n) is 2.92. The van der Waals surface area contributed by atoms with Gasteiger partial charge in [-0.2, -0.15) is 5.10 Å². The van der Waals surface area contributed by atoms with E-state index >= 15 is 0 Å². The van der Waals surface area contributed by atoms with E-state index in [2.05, 4.69) is 15.5 Å². The summed E-state index contributed by atoms with van der Waals surface area (Å²) < 4.78 is 5.50. The number of aromatic nitrogens is 1. The zero-order chi connectivity index (χ0) is 20.8. The van der Waals surface area contributed by atoms with Crippen LogP contribution in [0.5, 0.6) is 5.75 Å². The fourth-order valence-corrected chi connectivity index (χ4v) is 2.92. The van der Waals surface area contributed by atoms with Gasteiger partial charge in [-0.25, -0.2) is 10.2 Å². The number of benzene rings is 3. The molecule has 3 aromatic carbocycles. The first-order valence-electron chi connectivity index (χ1n) is 9.24. The molecular formula is C24H17N3O3. The molecule has 0 saturated carbocycles. The molecule has 146 valence electrons. The molecule has 0 aliphatic rings. The Morgan fingerprint density at radius 3 is 2.40 bits per heavy atom. The predicted octanol–water partition coefficient (Wildman–Crippen LogP) is 4.22. The lowest BCUT2D eigenvalue weighted by molar-refractivity contribution is 0.0736. The van der Waals surface area contributed by atoms with Gasteiger partial charge in [0.25, 0.3) is 5.91 Å². The Balaban J connectivity index is 1.40. The maximum atomic E-state index is 12.6.